The largest absolute Gasteiger partial charge is 0.0616 e. The number of hydrogen-bond donors (Lipinski definition) is 0. The van der Waals surface area contributed by atoms with Crippen LogP contribution in [0.3, 0.4) is 0 Å². The molecule has 0 unspecified atom stereocenters. The summed E-state index contributed by atoms with van der Waals surface area (Å²) in [5, 5.41) is 15.8. The van der Waals surface area contributed by atoms with E-state index in [0.717, 1.165) is 0 Å². The second-order valence-corrected chi connectivity index (χ2v) is 9.41. The molecule has 168 valence electrons. The van der Waals surface area contributed by atoms with Crippen LogP contribution in [0.4, 0.5) is 0 Å². The summed E-state index contributed by atoms with van der Waals surface area (Å²) in [5.74, 6) is 0. The van der Waals surface area contributed by atoms with Crippen LogP contribution in [0.15, 0.2) is 146 Å². The third kappa shape index (κ3) is 3.56. The van der Waals surface area contributed by atoms with Gasteiger partial charge in [-0.15, -0.1) is 0 Å². The molecule has 8 rings (SSSR count). The maximum atomic E-state index is 2.27. The molecule has 0 nitrogen and oxygen atoms in total. The van der Waals surface area contributed by atoms with Gasteiger partial charge in [-0.1, -0.05) is 121 Å². The van der Waals surface area contributed by atoms with Crippen molar-refractivity contribution in [2.75, 3.05) is 0 Å². The van der Waals surface area contributed by atoms with E-state index in [-0.39, 0.29) is 0 Å². The molecular formula is C36H24. The Morgan fingerprint density at radius 1 is 0.194 bits per heavy atom. The fraction of sp³-hybridized carbons (Fsp3) is 0. The van der Waals surface area contributed by atoms with E-state index >= 15 is 0 Å². The van der Waals surface area contributed by atoms with Crippen LogP contribution in [0.1, 0.15) is 0 Å². The first-order valence-corrected chi connectivity index (χ1v) is 12.4. The molecule has 0 saturated heterocycles. The summed E-state index contributed by atoms with van der Waals surface area (Å²) >= 11 is 0. The Kier molecular flexibility index (Phi) is 4.89. The van der Waals surface area contributed by atoms with Gasteiger partial charge in [0.1, 0.15) is 0 Å². The molecule has 0 bridgehead atoms. The highest BCUT2D eigenvalue weighted by atomic mass is 14.1. The van der Waals surface area contributed by atoms with Gasteiger partial charge in [0.2, 0.25) is 0 Å². The Morgan fingerprint density at radius 3 is 0.861 bits per heavy atom. The minimum absolute atomic E-state index is 1.31. The fourth-order valence-electron chi connectivity index (χ4n) is 5.41. The van der Waals surface area contributed by atoms with Crippen molar-refractivity contribution in [3.05, 3.63) is 146 Å². The molecule has 0 aliphatic rings. The van der Waals surface area contributed by atoms with Gasteiger partial charge < -0.3 is 0 Å². The highest BCUT2D eigenvalue weighted by molar-refractivity contribution is 6.17. The van der Waals surface area contributed by atoms with E-state index in [1.54, 1.807) is 0 Å². The Balaban J connectivity index is 0.000000122. The zero-order valence-electron chi connectivity index (χ0n) is 19.9. The summed E-state index contributed by atoms with van der Waals surface area (Å²) < 4.78 is 0. The van der Waals surface area contributed by atoms with Gasteiger partial charge in [-0.05, 0) is 88.9 Å². The first-order valence-electron chi connectivity index (χ1n) is 12.4. The summed E-state index contributed by atoms with van der Waals surface area (Å²) in [4.78, 5) is 0. The maximum absolute atomic E-state index is 2.27. The molecular weight excluding hydrogens is 432 g/mol. The van der Waals surface area contributed by atoms with Crippen molar-refractivity contribution in [2.24, 2.45) is 0 Å². The van der Waals surface area contributed by atoms with Gasteiger partial charge in [0.15, 0.2) is 0 Å². The number of fused-ring (bicyclic) bond motifs is 8. The van der Waals surface area contributed by atoms with Crippen molar-refractivity contribution in [3.8, 4) is 0 Å². The van der Waals surface area contributed by atoms with Crippen LogP contribution in [0.5, 0.6) is 0 Å². The second-order valence-electron chi connectivity index (χ2n) is 9.41. The monoisotopic (exact) mass is 456 g/mol. The lowest BCUT2D eigenvalue weighted by Gasteiger charge is -2.07. The van der Waals surface area contributed by atoms with E-state index in [2.05, 4.69) is 146 Å². The average molecular weight is 457 g/mol. The van der Waals surface area contributed by atoms with Crippen LogP contribution in [0.25, 0.3) is 64.6 Å². The van der Waals surface area contributed by atoms with Crippen molar-refractivity contribution >= 4 is 64.6 Å². The normalized spacial score (nSPS) is 11.3. The summed E-state index contributed by atoms with van der Waals surface area (Å²) in [6, 6.07) is 52.2. The molecule has 8 aromatic rings. The highest BCUT2D eigenvalue weighted by Crippen LogP contribution is 2.31. The predicted molar refractivity (Wildman–Crippen MR) is 158 cm³/mol. The van der Waals surface area contributed by atoms with E-state index in [4.69, 9.17) is 0 Å². The average Bonchev–Trinajstić information content (AvgIpc) is 2.95. The Bertz CT molecular complexity index is 1810. The molecule has 0 aromatic heterocycles. The minimum Gasteiger partial charge on any atom is -0.0616 e. The van der Waals surface area contributed by atoms with Crippen LogP contribution < -0.4 is 0 Å². The molecule has 0 radical (unpaired) electrons. The molecule has 36 heavy (non-hydrogen) atoms. The lowest BCUT2D eigenvalue weighted by Crippen LogP contribution is -1.79. The molecule has 8 aromatic carbocycles. The summed E-state index contributed by atoms with van der Waals surface area (Å²) in [7, 11) is 0. The smallest absolute Gasteiger partial charge is 0.00990 e. The van der Waals surface area contributed by atoms with Crippen LogP contribution in [0.2, 0.25) is 0 Å². The van der Waals surface area contributed by atoms with E-state index < -0.39 is 0 Å². The van der Waals surface area contributed by atoms with Gasteiger partial charge in [0.05, 0.1) is 0 Å². The zero-order valence-corrected chi connectivity index (χ0v) is 19.9. The second kappa shape index (κ2) is 8.52. The van der Waals surface area contributed by atoms with Crippen molar-refractivity contribution in [1.29, 1.82) is 0 Å². The highest BCUT2D eigenvalue weighted by Gasteiger charge is 2.03. The predicted octanol–water partition coefficient (Wildman–Crippen LogP) is 10.3. The van der Waals surface area contributed by atoms with E-state index in [9.17, 15) is 0 Å². The molecule has 0 spiro atoms. The van der Waals surface area contributed by atoms with Crippen LogP contribution in [-0.4, -0.2) is 0 Å². The maximum Gasteiger partial charge on any atom is -0.00990 e. The lowest BCUT2D eigenvalue weighted by molar-refractivity contribution is 1.77. The third-order valence-electron chi connectivity index (χ3n) is 7.22. The van der Waals surface area contributed by atoms with Crippen molar-refractivity contribution in [2.45, 2.75) is 0 Å². The molecule has 0 N–H and O–H groups in total. The number of rotatable bonds is 0. The topological polar surface area (TPSA) is 0 Å². The molecule has 0 aliphatic heterocycles. The quantitative estimate of drug-likeness (QED) is 0.157. The van der Waals surface area contributed by atoms with Crippen LogP contribution in [-0.2, 0) is 0 Å². The lowest BCUT2D eigenvalue weighted by atomic mass is 9.97. The van der Waals surface area contributed by atoms with Crippen molar-refractivity contribution in [3.63, 3.8) is 0 Å². The minimum atomic E-state index is 1.31. The Morgan fingerprint density at radius 2 is 0.500 bits per heavy atom. The molecule has 0 saturated carbocycles. The van der Waals surface area contributed by atoms with Gasteiger partial charge in [-0.2, -0.15) is 0 Å². The van der Waals surface area contributed by atoms with Crippen LogP contribution >= 0.6 is 0 Å². The van der Waals surface area contributed by atoms with Gasteiger partial charge >= 0.3 is 0 Å². The molecule has 0 heteroatoms. The van der Waals surface area contributed by atoms with Gasteiger partial charge in [0.25, 0.3) is 0 Å². The van der Waals surface area contributed by atoms with Crippen molar-refractivity contribution < 1.29 is 0 Å². The SMILES string of the molecule is c1ccc2c(c1)ccc1c3ccccc3ccc21.c1ccc2cc3cc4ccccc4cc3cc2c1. The van der Waals surface area contributed by atoms with Crippen molar-refractivity contribution in [1.82, 2.24) is 0 Å². The van der Waals surface area contributed by atoms with Gasteiger partial charge in [0, 0.05) is 0 Å². The third-order valence-corrected chi connectivity index (χ3v) is 7.22. The molecule has 0 heterocycles. The Hall–Kier alpha value is -4.68. The van der Waals surface area contributed by atoms with Gasteiger partial charge in [-0.25, -0.2) is 0 Å². The Labute approximate surface area is 210 Å². The summed E-state index contributed by atoms with van der Waals surface area (Å²) in [6.45, 7) is 0. The molecule has 0 atom stereocenters. The fourth-order valence-corrected chi connectivity index (χ4v) is 5.41. The van der Waals surface area contributed by atoms with Crippen LogP contribution in [0, 0.1) is 0 Å². The summed E-state index contributed by atoms with van der Waals surface area (Å²) in [6.07, 6.45) is 0. The van der Waals surface area contributed by atoms with E-state index in [1.165, 1.54) is 64.6 Å². The first kappa shape index (κ1) is 20.7. The van der Waals surface area contributed by atoms with Gasteiger partial charge in [-0.3, -0.25) is 0 Å². The molecule has 0 fully saturated rings. The molecule has 0 amide bonds. The summed E-state index contributed by atoms with van der Waals surface area (Å²) in [5.41, 5.74) is 0. The molecule has 0 aliphatic carbocycles. The number of hydrogen-bond acceptors (Lipinski definition) is 0. The number of benzene rings is 8. The zero-order chi connectivity index (χ0) is 23.9. The van der Waals surface area contributed by atoms with E-state index in [0.29, 0.717) is 0 Å². The van der Waals surface area contributed by atoms with E-state index in [1.807, 2.05) is 0 Å². The first-order chi connectivity index (χ1) is 17.8. The standard InChI is InChI=1S/2C18H12/c1-3-7-15-13(5-1)9-11-18-16-8-4-2-6-14(16)10-12-17(15)18;1-2-6-14-10-18-12-16-8-4-3-7-15(16)11-17(18)9-13(14)5-1/h2*1-12H.